The number of benzene rings is 1. The van der Waals surface area contributed by atoms with Gasteiger partial charge in [0.05, 0.1) is 6.54 Å². The van der Waals surface area contributed by atoms with E-state index in [2.05, 4.69) is 55.8 Å². The van der Waals surface area contributed by atoms with E-state index in [1.54, 1.807) is 0 Å². The molecule has 142 valence electrons. The molecule has 2 saturated heterocycles. The number of piperidine rings is 1. The maximum atomic E-state index is 12.9. The van der Waals surface area contributed by atoms with Crippen molar-refractivity contribution in [3.05, 3.63) is 33.8 Å². The number of piperazine rings is 1. The number of carbonyl (C=O) groups excluding carboxylic acids is 1. The van der Waals surface area contributed by atoms with E-state index in [4.69, 9.17) is 0 Å². The lowest BCUT2D eigenvalue weighted by molar-refractivity contribution is -0.137. The van der Waals surface area contributed by atoms with Crippen LogP contribution >= 0.6 is 15.9 Å². The average Bonchev–Trinajstić information content (AvgIpc) is 2.67. The molecule has 1 amide bonds. The highest BCUT2D eigenvalue weighted by atomic mass is 79.9. The van der Waals surface area contributed by atoms with Crippen LogP contribution in [0, 0.1) is 0 Å². The summed E-state index contributed by atoms with van der Waals surface area (Å²) in [4.78, 5) is 20.1. The molecule has 0 aliphatic carbocycles. The first-order valence-electron chi connectivity index (χ1n) is 10.2. The number of fused-ring (bicyclic) bond motifs is 2. The van der Waals surface area contributed by atoms with E-state index in [1.807, 2.05) is 0 Å². The van der Waals surface area contributed by atoms with E-state index in [0.717, 1.165) is 49.7 Å². The van der Waals surface area contributed by atoms with E-state index in [-0.39, 0.29) is 0 Å². The molecular weight excluding hydrogens is 390 g/mol. The molecule has 0 bridgehead atoms. The van der Waals surface area contributed by atoms with Crippen molar-refractivity contribution in [3.63, 3.8) is 0 Å². The Morgan fingerprint density at radius 3 is 2.92 bits per heavy atom. The molecule has 2 unspecified atom stereocenters. The number of nitrogens with zero attached hydrogens (tertiary/aromatic N) is 3. The summed E-state index contributed by atoms with van der Waals surface area (Å²) in [5, 5.41) is 0. The quantitative estimate of drug-likeness (QED) is 0.751. The van der Waals surface area contributed by atoms with Crippen LogP contribution in [0.25, 0.3) is 0 Å². The molecule has 1 aromatic rings. The highest BCUT2D eigenvalue weighted by molar-refractivity contribution is 9.10. The third kappa shape index (κ3) is 3.85. The Bertz CT molecular complexity index is 665. The van der Waals surface area contributed by atoms with Gasteiger partial charge in [0.1, 0.15) is 0 Å². The van der Waals surface area contributed by atoms with Crippen molar-refractivity contribution in [2.45, 2.75) is 57.7 Å². The summed E-state index contributed by atoms with van der Waals surface area (Å²) in [5.74, 6) is 0.323. The van der Waals surface area contributed by atoms with E-state index in [0.29, 0.717) is 18.5 Å². The minimum absolute atomic E-state index is 0.323. The van der Waals surface area contributed by atoms with E-state index in [9.17, 15) is 4.79 Å². The van der Waals surface area contributed by atoms with Gasteiger partial charge in [-0.05, 0) is 48.9 Å². The summed E-state index contributed by atoms with van der Waals surface area (Å²) in [7, 11) is 0. The first kappa shape index (κ1) is 18.5. The molecule has 4 nitrogen and oxygen atoms in total. The Kier molecular flexibility index (Phi) is 5.67. The molecular formula is C21H30BrN3O. The second-order valence-corrected chi connectivity index (χ2v) is 9.01. The van der Waals surface area contributed by atoms with Crippen LogP contribution in [0.4, 0.5) is 0 Å². The van der Waals surface area contributed by atoms with Crippen LogP contribution in [0.2, 0.25) is 0 Å². The molecule has 2 atom stereocenters. The van der Waals surface area contributed by atoms with Gasteiger partial charge in [0.2, 0.25) is 5.91 Å². The summed E-state index contributed by atoms with van der Waals surface area (Å²) in [6, 6.07) is 7.86. The fourth-order valence-corrected chi connectivity index (χ4v) is 5.44. The van der Waals surface area contributed by atoms with Gasteiger partial charge in [-0.3, -0.25) is 14.6 Å². The minimum Gasteiger partial charge on any atom is -0.339 e. The molecule has 0 saturated carbocycles. The highest BCUT2D eigenvalue weighted by Crippen LogP contribution is 2.28. The summed E-state index contributed by atoms with van der Waals surface area (Å²) < 4.78 is 1.15. The molecule has 2 fully saturated rings. The minimum atomic E-state index is 0.323. The molecule has 3 aliphatic heterocycles. The number of hydrogen-bond acceptors (Lipinski definition) is 3. The smallest absolute Gasteiger partial charge is 0.236 e. The summed E-state index contributed by atoms with van der Waals surface area (Å²) >= 11 is 3.56. The van der Waals surface area contributed by atoms with Crippen molar-refractivity contribution in [2.24, 2.45) is 0 Å². The second-order valence-electron chi connectivity index (χ2n) is 8.10. The van der Waals surface area contributed by atoms with Crippen LogP contribution in [0.3, 0.4) is 0 Å². The Labute approximate surface area is 165 Å². The summed E-state index contributed by atoms with van der Waals surface area (Å²) in [5.41, 5.74) is 2.79. The van der Waals surface area contributed by atoms with Gasteiger partial charge in [-0.1, -0.05) is 35.3 Å². The Hall–Kier alpha value is -0.910. The zero-order valence-electron chi connectivity index (χ0n) is 15.8. The SMILES string of the molecule is CCC1CCCC2CN(C(=O)CN3CCc4cc(Br)ccc4C3)CCN12. The average molecular weight is 420 g/mol. The normalized spacial score (nSPS) is 27.1. The summed E-state index contributed by atoms with van der Waals surface area (Å²) in [6.07, 6.45) is 6.20. The molecule has 0 radical (unpaired) electrons. The molecule has 26 heavy (non-hydrogen) atoms. The fraction of sp³-hybridized carbons (Fsp3) is 0.667. The van der Waals surface area contributed by atoms with Crippen LogP contribution in [-0.2, 0) is 17.8 Å². The Balaban J connectivity index is 1.34. The van der Waals surface area contributed by atoms with Gasteiger partial charge in [-0.2, -0.15) is 0 Å². The predicted molar refractivity (Wildman–Crippen MR) is 108 cm³/mol. The molecule has 0 N–H and O–H groups in total. The molecule has 5 heteroatoms. The van der Waals surface area contributed by atoms with Crippen molar-refractivity contribution in [1.82, 2.24) is 14.7 Å². The van der Waals surface area contributed by atoms with Gasteiger partial charge in [-0.15, -0.1) is 0 Å². The van der Waals surface area contributed by atoms with Crippen LogP contribution in [0.15, 0.2) is 22.7 Å². The number of carbonyl (C=O) groups is 1. The maximum Gasteiger partial charge on any atom is 0.236 e. The van der Waals surface area contributed by atoms with Gasteiger partial charge in [0, 0.05) is 49.3 Å². The van der Waals surface area contributed by atoms with Gasteiger partial charge >= 0.3 is 0 Å². The van der Waals surface area contributed by atoms with Crippen LogP contribution in [0.1, 0.15) is 43.7 Å². The van der Waals surface area contributed by atoms with Gasteiger partial charge in [0.15, 0.2) is 0 Å². The number of rotatable bonds is 3. The van der Waals surface area contributed by atoms with Crippen molar-refractivity contribution in [1.29, 1.82) is 0 Å². The van der Waals surface area contributed by atoms with Gasteiger partial charge in [-0.25, -0.2) is 0 Å². The molecule has 4 rings (SSSR count). The van der Waals surface area contributed by atoms with Crippen molar-refractivity contribution in [3.8, 4) is 0 Å². The van der Waals surface area contributed by atoms with Crippen LogP contribution in [0.5, 0.6) is 0 Å². The first-order valence-corrected chi connectivity index (χ1v) is 11.0. The third-order valence-electron chi connectivity index (χ3n) is 6.51. The standard InChI is InChI=1S/C21H30BrN3O/c1-2-19-4-3-5-20-14-24(10-11-25(19)20)21(26)15-23-9-8-16-12-18(22)7-6-17(16)13-23/h6-7,12,19-20H,2-5,8-11,13-15H2,1H3. The van der Waals surface area contributed by atoms with Crippen LogP contribution < -0.4 is 0 Å². The number of halogens is 1. The maximum absolute atomic E-state index is 12.9. The Morgan fingerprint density at radius 2 is 2.08 bits per heavy atom. The molecule has 3 heterocycles. The van der Waals surface area contributed by atoms with Crippen molar-refractivity contribution < 1.29 is 4.79 Å². The van der Waals surface area contributed by atoms with Crippen molar-refractivity contribution in [2.75, 3.05) is 32.7 Å². The van der Waals surface area contributed by atoms with Crippen molar-refractivity contribution >= 4 is 21.8 Å². The lowest BCUT2D eigenvalue weighted by atomic mass is 9.92. The number of hydrogen-bond donors (Lipinski definition) is 0. The monoisotopic (exact) mass is 419 g/mol. The fourth-order valence-electron chi connectivity index (χ4n) is 5.03. The summed E-state index contributed by atoms with van der Waals surface area (Å²) in [6.45, 7) is 7.66. The first-order chi connectivity index (χ1) is 12.6. The zero-order valence-corrected chi connectivity index (χ0v) is 17.4. The molecule has 1 aromatic carbocycles. The van der Waals surface area contributed by atoms with E-state index >= 15 is 0 Å². The Morgan fingerprint density at radius 1 is 1.19 bits per heavy atom. The second kappa shape index (κ2) is 7.99. The van der Waals surface area contributed by atoms with E-state index in [1.165, 1.54) is 36.8 Å². The van der Waals surface area contributed by atoms with E-state index < -0.39 is 0 Å². The molecule has 0 spiro atoms. The molecule has 3 aliphatic rings. The topological polar surface area (TPSA) is 26.8 Å². The molecule has 0 aromatic heterocycles. The van der Waals surface area contributed by atoms with Crippen LogP contribution in [-0.4, -0.2) is 65.4 Å². The van der Waals surface area contributed by atoms with Gasteiger partial charge in [0.25, 0.3) is 0 Å². The largest absolute Gasteiger partial charge is 0.339 e. The lowest BCUT2D eigenvalue weighted by Crippen LogP contribution is -2.60. The van der Waals surface area contributed by atoms with Gasteiger partial charge < -0.3 is 4.90 Å². The predicted octanol–water partition coefficient (Wildman–Crippen LogP) is 3.28. The zero-order chi connectivity index (χ0) is 18.1. The lowest BCUT2D eigenvalue weighted by Gasteiger charge is -2.48. The third-order valence-corrected chi connectivity index (χ3v) is 7.01. The highest BCUT2D eigenvalue weighted by Gasteiger charge is 2.35. The number of amides is 1.